The van der Waals surface area contributed by atoms with Gasteiger partial charge >= 0.3 is 0 Å². The van der Waals surface area contributed by atoms with Crippen LogP contribution in [0.25, 0.3) is 17.2 Å². The summed E-state index contributed by atoms with van der Waals surface area (Å²) in [5.74, 6) is 2.40. The number of aromatic nitrogens is 4. The molecule has 3 aromatic rings. The highest BCUT2D eigenvalue weighted by Crippen LogP contribution is 2.39. The van der Waals surface area contributed by atoms with Gasteiger partial charge in [0.2, 0.25) is 11.8 Å². The Bertz CT molecular complexity index is 1180. The predicted molar refractivity (Wildman–Crippen MR) is 124 cm³/mol. The lowest BCUT2D eigenvalue weighted by molar-refractivity contribution is 0.165. The van der Waals surface area contributed by atoms with E-state index in [4.69, 9.17) is 14.2 Å². The number of methoxy groups -OCH3 is 3. The maximum absolute atomic E-state index is 10.4. The number of aliphatic hydroxyl groups is 1. The molecule has 33 heavy (non-hydrogen) atoms. The lowest BCUT2D eigenvalue weighted by Crippen LogP contribution is -2.41. The number of hydrogen-bond acceptors (Lipinski definition) is 9. The summed E-state index contributed by atoms with van der Waals surface area (Å²) in [4.78, 5) is 10.8. The van der Waals surface area contributed by atoms with Crippen LogP contribution in [0.3, 0.4) is 0 Å². The molecule has 4 rings (SSSR count). The van der Waals surface area contributed by atoms with E-state index in [0.717, 1.165) is 5.57 Å². The minimum Gasteiger partial charge on any atom is -0.494 e. The van der Waals surface area contributed by atoms with Crippen molar-refractivity contribution in [2.75, 3.05) is 26.2 Å². The number of hydrogen-bond donors (Lipinski definition) is 1. The topological polar surface area (TPSA) is 107 Å². The zero-order valence-corrected chi connectivity index (χ0v) is 19.1. The van der Waals surface area contributed by atoms with Crippen molar-refractivity contribution in [1.82, 2.24) is 19.7 Å². The molecule has 3 heterocycles. The third-order valence-corrected chi connectivity index (χ3v) is 5.15. The Morgan fingerprint density at radius 1 is 0.970 bits per heavy atom. The maximum atomic E-state index is 10.4. The molecule has 0 saturated carbocycles. The molecule has 1 aliphatic rings. The molecule has 172 valence electrons. The Morgan fingerprint density at radius 2 is 1.67 bits per heavy atom. The molecule has 0 radical (unpaired) electrons. The molecule has 0 spiro atoms. The number of nitrogens with zero attached hydrogens (tertiary/aromatic N) is 6. The summed E-state index contributed by atoms with van der Waals surface area (Å²) in [6.07, 6.45) is 2.23. The third kappa shape index (κ3) is 4.12. The van der Waals surface area contributed by atoms with Crippen LogP contribution in [0.2, 0.25) is 0 Å². The van der Waals surface area contributed by atoms with Crippen LogP contribution < -0.4 is 19.1 Å². The van der Waals surface area contributed by atoms with Crippen LogP contribution in [-0.4, -0.2) is 64.7 Å². The molecule has 0 bridgehead atoms. The van der Waals surface area contributed by atoms with E-state index >= 15 is 0 Å². The van der Waals surface area contributed by atoms with Gasteiger partial charge in [-0.1, -0.05) is 12.1 Å². The molecule has 1 aromatic carbocycles. The molecule has 1 unspecified atom stereocenters. The van der Waals surface area contributed by atoms with Gasteiger partial charge < -0.3 is 19.3 Å². The van der Waals surface area contributed by atoms with Crippen LogP contribution in [-0.2, 0) is 0 Å². The van der Waals surface area contributed by atoms with Gasteiger partial charge in [0.1, 0.15) is 22.9 Å². The zero-order valence-electron chi connectivity index (χ0n) is 19.1. The van der Waals surface area contributed by atoms with E-state index in [0.29, 0.717) is 40.5 Å². The standard InChI is InChI=1S/C23H26N6O4/c1-14-12-24-21(15(2)30)28(13-14)23-27-26-22(16-8-6-11-19(25-16)33-5)29(23)20-17(31-3)9-7-10-18(20)32-4/h6-13,15,21,30H,1-5H3/t15-,21?/m0/s1. The van der Waals surface area contributed by atoms with Gasteiger partial charge in [0, 0.05) is 18.5 Å². The van der Waals surface area contributed by atoms with Crippen molar-refractivity contribution in [2.45, 2.75) is 26.1 Å². The number of aliphatic imine (C=N–C) groups is 1. The Hall–Kier alpha value is -3.92. The molecule has 1 aliphatic heterocycles. The summed E-state index contributed by atoms with van der Waals surface area (Å²) >= 11 is 0. The van der Waals surface area contributed by atoms with E-state index in [1.165, 1.54) is 0 Å². The van der Waals surface area contributed by atoms with E-state index in [1.54, 1.807) is 50.0 Å². The third-order valence-electron chi connectivity index (χ3n) is 5.15. The summed E-state index contributed by atoms with van der Waals surface area (Å²) < 4.78 is 18.4. The molecule has 0 aliphatic carbocycles. The van der Waals surface area contributed by atoms with Crippen LogP contribution in [0.4, 0.5) is 5.95 Å². The van der Waals surface area contributed by atoms with Crippen molar-refractivity contribution >= 4 is 12.2 Å². The molecule has 10 heteroatoms. The van der Waals surface area contributed by atoms with Crippen molar-refractivity contribution in [3.63, 3.8) is 0 Å². The van der Waals surface area contributed by atoms with E-state index in [9.17, 15) is 5.11 Å². The molecule has 0 fully saturated rings. The molecule has 0 saturated heterocycles. The van der Waals surface area contributed by atoms with Crippen LogP contribution in [0.5, 0.6) is 17.4 Å². The minimum absolute atomic E-state index is 0.416. The average molecular weight is 450 g/mol. The molecule has 0 amide bonds. The largest absolute Gasteiger partial charge is 0.494 e. The number of ether oxygens (including phenoxy) is 3. The number of anilines is 1. The quantitative estimate of drug-likeness (QED) is 0.586. The Balaban J connectivity index is 2.03. The van der Waals surface area contributed by atoms with Crippen LogP contribution >= 0.6 is 0 Å². The van der Waals surface area contributed by atoms with E-state index in [-0.39, 0.29) is 0 Å². The normalized spacial score (nSPS) is 16.4. The number of pyridine rings is 1. The second-order valence-corrected chi connectivity index (χ2v) is 7.45. The highest BCUT2D eigenvalue weighted by Gasteiger charge is 2.31. The monoisotopic (exact) mass is 450 g/mol. The first kappa shape index (κ1) is 22.3. The first-order chi connectivity index (χ1) is 16.0. The number of allylic oxidation sites excluding steroid dienone is 1. The van der Waals surface area contributed by atoms with Crippen molar-refractivity contribution < 1.29 is 19.3 Å². The summed E-state index contributed by atoms with van der Waals surface area (Å²) in [5.41, 5.74) is 2.03. The number of rotatable bonds is 7. The lowest BCUT2D eigenvalue weighted by Gasteiger charge is -2.32. The van der Waals surface area contributed by atoms with Crippen molar-refractivity contribution in [3.8, 4) is 34.6 Å². The van der Waals surface area contributed by atoms with Gasteiger partial charge in [-0.25, -0.2) is 4.98 Å². The number of para-hydroxylation sites is 1. The molecule has 2 atom stereocenters. The van der Waals surface area contributed by atoms with Gasteiger partial charge in [-0.2, -0.15) is 0 Å². The Morgan fingerprint density at radius 3 is 2.30 bits per heavy atom. The minimum atomic E-state index is -0.770. The highest BCUT2D eigenvalue weighted by atomic mass is 16.5. The van der Waals surface area contributed by atoms with Gasteiger partial charge in [0.25, 0.3) is 0 Å². The maximum Gasteiger partial charge on any atom is 0.238 e. The highest BCUT2D eigenvalue weighted by molar-refractivity contribution is 5.81. The molecule has 10 nitrogen and oxygen atoms in total. The Kier molecular flexibility index (Phi) is 6.27. The fourth-order valence-corrected chi connectivity index (χ4v) is 3.65. The van der Waals surface area contributed by atoms with Crippen LogP contribution in [0, 0.1) is 0 Å². The number of aliphatic hydroxyl groups excluding tert-OH is 1. The smallest absolute Gasteiger partial charge is 0.238 e. The van der Waals surface area contributed by atoms with Gasteiger partial charge in [-0.15, -0.1) is 10.2 Å². The molecular weight excluding hydrogens is 424 g/mol. The van der Waals surface area contributed by atoms with E-state index < -0.39 is 12.3 Å². The fraction of sp³-hybridized carbons (Fsp3) is 0.304. The summed E-state index contributed by atoms with van der Waals surface area (Å²) in [6, 6.07) is 10.9. The van der Waals surface area contributed by atoms with Gasteiger partial charge in [-0.3, -0.25) is 14.5 Å². The van der Waals surface area contributed by atoms with Crippen molar-refractivity contribution in [1.29, 1.82) is 0 Å². The van der Waals surface area contributed by atoms with E-state index in [2.05, 4.69) is 20.2 Å². The van der Waals surface area contributed by atoms with Gasteiger partial charge in [0.05, 0.1) is 27.4 Å². The van der Waals surface area contributed by atoms with Crippen molar-refractivity contribution in [3.05, 3.63) is 48.2 Å². The molecule has 1 N–H and O–H groups in total. The fourth-order valence-electron chi connectivity index (χ4n) is 3.65. The second-order valence-electron chi connectivity index (χ2n) is 7.45. The lowest BCUT2D eigenvalue weighted by atomic mass is 10.2. The van der Waals surface area contributed by atoms with Gasteiger partial charge in [0.15, 0.2) is 12.0 Å². The first-order valence-corrected chi connectivity index (χ1v) is 10.3. The van der Waals surface area contributed by atoms with Crippen LogP contribution in [0.1, 0.15) is 13.8 Å². The van der Waals surface area contributed by atoms with Gasteiger partial charge in [-0.05, 0) is 37.6 Å². The SMILES string of the molecule is COc1cccc(-c2nnc(N3C=C(C)C=NC3[C@H](C)O)n2-c2c(OC)cccc2OC)n1. The second kappa shape index (κ2) is 9.29. The summed E-state index contributed by atoms with van der Waals surface area (Å²) in [7, 11) is 4.72. The predicted octanol–water partition coefficient (Wildman–Crippen LogP) is 2.86. The Labute approximate surface area is 191 Å². The molecular formula is C23H26N6O4. The van der Waals surface area contributed by atoms with Crippen molar-refractivity contribution in [2.24, 2.45) is 4.99 Å². The first-order valence-electron chi connectivity index (χ1n) is 10.3. The average Bonchev–Trinajstić information content (AvgIpc) is 3.27. The summed E-state index contributed by atoms with van der Waals surface area (Å²) in [5, 5.41) is 19.4. The summed E-state index contributed by atoms with van der Waals surface area (Å²) in [6.45, 7) is 3.60. The van der Waals surface area contributed by atoms with E-state index in [1.807, 2.05) is 43.5 Å². The molecule has 2 aromatic heterocycles. The van der Waals surface area contributed by atoms with Crippen LogP contribution in [0.15, 0.2) is 53.2 Å². The number of benzene rings is 1. The zero-order chi connectivity index (χ0) is 23.5.